The van der Waals surface area contributed by atoms with E-state index < -0.39 is 0 Å². The molecule has 3 nitrogen and oxygen atoms in total. The van der Waals surface area contributed by atoms with Gasteiger partial charge in [0.05, 0.1) is 0 Å². The van der Waals surface area contributed by atoms with Gasteiger partial charge in [0.2, 0.25) is 0 Å². The standard InChI is InChI=1S/C14H17N3/c1-11-6-7-16-14(8-11)17(2)10-12-4-3-5-13(15)9-12/h3-9H,10,15H2,1-2H3. The van der Waals surface area contributed by atoms with Crippen molar-refractivity contribution in [3.63, 3.8) is 0 Å². The molecule has 1 aromatic carbocycles. The molecule has 2 N–H and O–H groups in total. The van der Waals surface area contributed by atoms with Crippen molar-refractivity contribution in [3.05, 3.63) is 53.7 Å². The van der Waals surface area contributed by atoms with Gasteiger partial charge in [-0.05, 0) is 42.3 Å². The molecule has 1 heterocycles. The zero-order valence-corrected chi connectivity index (χ0v) is 10.2. The lowest BCUT2D eigenvalue weighted by Gasteiger charge is -2.18. The Morgan fingerprint density at radius 3 is 2.76 bits per heavy atom. The van der Waals surface area contributed by atoms with Gasteiger partial charge in [-0.2, -0.15) is 0 Å². The van der Waals surface area contributed by atoms with Gasteiger partial charge in [0.1, 0.15) is 5.82 Å². The maximum absolute atomic E-state index is 5.76. The van der Waals surface area contributed by atoms with Crippen LogP contribution in [0, 0.1) is 6.92 Å². The monoisotopic (exact) mass is 227 g/mol. The minimum atomic E-state index is 0.799. The lowest BCUT2D eigenvalue weighted by molar-refractivity contribution is 0.897. The fourth-order valence-corrected chi connectivity index (χ4v) is 1.78. The van der Waals surface area contributed by atoms with Crippen LogP contribution in [0.25, 0.3) is 0 Å². The molecule has 0 saturated carbocycles. The molecule has 17 heavy (non-hydrogen) atoms. The van der Waals surface area contributed by atoms with Crippen molar-refractivity contribution in [2.24, 2.45) is 0 Å². The molecular weight excluding hydrogens is 210 g/mol. The number of anilines is 2. The van der Waals surface area contributed by atoms with Crippen molar-refractivity contribution in [2.75, 3.05) is 17.7 Å². The smallest absolute Gasteiger partial charge is 0.128 e. The van der Waals surface area contributed by atoms with Gasteiger partial charge >= 0.3 is 0 Å². The van der Waals surface area contributed by atoms with E-state index in [0.717, 1.165) is 18.1 Å². The van der Waals surface area contributed by atoms with Crippen molar-refractivity contribution < 1.29 is 0 Å². The Kier molecular flexibility index (Phi) is 3.28. The largest absolute Gasteiger partial charge is 0.399 e. The molecule has 0 unspecified atom stereocenters. The number of nitrogen functional groups attached to an aromatic ring is 1. The quantitative estimate of drug-likeness (QED) is 0.819. The van der Waals surface area contributed by atoms with Crippen molar-refractivity contribution in [1.82, 2.24) is 4.98 Å². The third-order valence-electron chi connectivity index (χ3n) is 2.66. The first-order valence-corrected chi connectivity index (χ1v) is 5.63. The molecule has 2 aromatic rings. The molecule has 0 spiro atoms. The Labute approximate surface area is 102 Å². The van der Waals surface area contributed by atoms with Crippen LogP contribution in [0.15, 0.2) is 42.6 Å². The van der Waals surface area contributed by atoms with Crippen molar-refractivity contribution >= 4 is 11.5 Å². The van der Waals surface area contributed by atoms with Crippen LogP contribution >= 0.6 is 0 Å². The second-order valence-corrected chi connectivity index (χ2v) is 4.29. The van der Waals surface area contributed by atoms with E-state index >= 15 is 0 Å². The molecule has 0 radical (unpaired) electrons. The van der Waals surface area contributed by atoms with Gasteiger partial charge in [0, 0.05) is 25.5 Å². The molecule has 0 fully saturated rings. The van der Waals surface area contributed by atoms with Crippen LogP contribution < -0.4 is 10.6 Å². The van der Waals surface area contributed by atoms with E-state index in [4.69, 9.17) is 5.73 Å². The Bertz CT molecular complexity index is 508. The second-order valence-electron chi connectivity index (χ2n) is 4.29. The molecule has 0 bridgehead atoms. The zero-order valence-electron chi connectivity index (χ0n) is 10.2. The number of aromatic nitrogens is 1. The Morgan fingerprint density at radius 1 is 1.24 bits per heavy atom. The van der Waals surface area contributed by atoms with Gasteiger partial charge in [-0.25, -0.2) is 4.98 Å². The maximum Gasteiger partial charge on any atom is 0.128 e. The highest BCUT2D eigenvalue weighted by atomic mass is 15.2. The highest BCUT2D eigenvalue weighted by Crippen LogP contribution is 2.15. The highest BCUT2D eigenvalue weighted by Gasteiger charge is 2.03. The van der Waals surface area contributed by atoms with Crippen LogP contribution in [0.5, 0.6) is 0 Å². The van der Waals surface area contributed by atoms with Crippen LogP contribution in [0.4, 0.5) is 11.5 Å². The second kappa shape index (κ2) is 4.87. The van der Waals surface area contributed by atoms with Crippen LogP contribution in [-0.4, -0.2) is 12.0 Å². The molecule has 0 saturated heterocycles. The Balaban J connectivity index is 2.14. The molecule has 0 aliphatic carbocycles. The minimum absolute atomic E-state index is 0.799. The number of nitrogens with zero attached hydrogens (tertiary/aromatic N) is 2. The number of rotatable bonds is 3. The highest BCUT2D eigenvalue weighted by molar-refractivity contribution is 5.44. The van der Waals surface area contributed by atoms with Crippen molar-refractivity contribution in [3.8, 4) is 0 Å². The number of benzene rings is 1. The predicted octanol–water partition coefficient (Wildman–Crippen LogP) is 2.61. The van der Waals surface area contributed by atoms with Crippen LogP contribution in [0.2, 0.25) is 0 Å². The number of nitrogens with two attached hydrogens (primary N) is 1. The first-order valence-electron chi connectivity index (χ1n) is 5.63. The molecule has 0 atom stereocenters. The van der Waals surface area contributed by atoms with Gasteiger partial charge < -0.3 is 10.6 Å². The summed E-state index contributed by atoms with van der Waals surface area (Å²) in [7, 11) is 2.03. The Morgan fingerprint density at radius 2 is 2.06 bits per heavy atom. The van der Waals surface area contributed by atoms with E-state index in [1.807, 2.05) is 37.5 Å². The molecule has 0 amide bonds. The lowest BCUT2D eigenvalue weighted by Crippen LogP contribution is -2.17. The summed E-state index contributed by atoms with van der Waals surface area (Å²) in [5.41, 5.74) is 8.97. The molecule has 1 aromatic heterocycles. The normalized spacial score (nSPS) is 10.2. The SMILES string of the molecule is Cc1ccnc(N(C)Cc2cccc(N)c2)c1. The fourth-order valence-electron chi connectivity index (χ4n) is 1.78. The predicted molar refractivity (Wildman–Crippen MR) is 71.9 cm³/mol. The molecule has 0 aliphatic rings. The van der Waals surface area contributed by atoms with Gasteiger partial charge in [-0.1, -0.05) is 12.1 Å². The summed E-state index contributed by atoms with van der Waals surface area (Å²) < 4.78 is 0. The summed E-state index contributed by atoms with van der Waals surface area (Å²) >= 11 is 0. The first-order chi connectivity index (χ1) is 8.15. The van der Waals surface area contributed by atoms with Crippen molar-refractivity contribution in [2.45, 2.75) is 13.5 Å². The summed E-state index contributed by atoms with van der Waals surface area (Å²) in [6.45, 7) is 2.88. The maximum atomic E-state index is 5.76. The van der Waals surface area contributed by atoms with E-state index in [9.17, 15) is 0 Å². The van der Waals surface area contributed by atoms with Gasteiger partial charge in [-0.15, -0.1) is 0 Å². The summed E-state index contributed by atoms with van der Waals surface area (Å²) in [6.07, 6.45) is 1.83. The first kappa shape index (κ1) is 11.5. The Hall–Kier alpha value is -2.03. The average Bonchev–Trinajstić information content (AvgIpc) is 2.29. The third-order valence-corrected chi connectivity index (χ3v) is 2.66. The number of hydrogen-bond acceptors (Lipinski definition) is 3. The molecular formula is C14H17N3. The summed E-state index contributed by atoms with van der Waals surface area (Å²) in [5.74, 6) is 0.979. The molecule has 3 heteroatoms. The van der Waals surface area contributed by atoms with E-state index in [-0.39, 0.29) is 0 Å². The van der Waals surface area contributed by atoms with Gasteiger partial charge in [0.25, 0.3) is 0 Å². The topological polar surface area (TPSA) is 42.2 Å². The van der Waals surface area contributed by atoms with Crippen molar-refractivity contribution in [1.29, 1.82) is 0 Å². The van der Waals surface area contributed by atoms with Crippen LogP contribution in [0.3, 0.4) is 0 Å². The molecule has 88 valence electrons. The molecule has 0 aliphatic heterocycles. The fraction of sp³-hybridized carbons (Fsp3) is 0.214. The van der Waals surface area contributed by atoms with E-state index in [1.54, 1.807) is 0 Å². The minimum Gasteiger partial charge on any atom is -0.399 e. The number of aryl methyl sites for hydroxylation is 1. The van der Waals surface area contributed by atoms with Crippen LogP contribution in [-0.2, 0) is 6.54 Å². The lowest BCUT2D eigenvalue weighted by atomic mass is 10.2. The van der Waals surface area contributed by atoms with Crippen LogP contribution in [0.1, 0.15) is 11.1 Å². The van der Waals surface area contributed by atoms with E-state index in [2.05, 4.69) is 28.9 Å². The van der Waals surface area contributed by atoms with Gasteiger partial charge in [0.15, 0.2) is 0 Å². The third kappa shape index (κ3) is 2.97. The molecule has 2 rings (SSSR count). The van der Waals surface area contributed by atoms with E-state index in [1.165, 1.54) is 11.1 Å². The number of pyridine rings is 1. The summed E-state index contributed by atoms with van der Waals surface area (Å²) in [4.78, 5) is 6.47. The zero-order chi connectivity index (χ0) is 12.3. The van der Waals surface area contributed by atoms with Gasteiger partial charge in [-0.3, -0.25) is 0 Å². The average molecular weight is 227 g/mol. The summed E-state index contributed by atoms with van der Waals surface area (Å²) in [5, 5.41) is 0. The van der Waals surface area contributed by atoms with E-state index in [0.29, 0.717) is 0 Å². The summed E-state index contributed by atoms with van der Waals surface area (Å²) in [6, 6.07) is 12.0. The number of hydrogen-bond donors (Lipinski definition) is 1.